The van der Waals surface area contributed by atoms with E-state index in [1.807, 2.05) is 4.90 Å². The second-order valence-corrected chi connectivity index (χ2v) is 7.96. The highest BCUT2D eigenvalue weighted by molar-refractivity contribution is 5.94. The number of amides is 2. The van der Waals surface area contributed by atoms with Gasteiger partial charge < -0.3 is 16.0 Å². The van der Waals surface area contributed by atoms with Crippen LogP contribution in [0.25, 0.3) is 11.3 Å². The van der Waals surface area contributed by atoms with Crippen LogP contribution in [-0.4, -0.2) is 46.9 Å². The topological polar surface area (TPSA) is 88.3 Å². The van der Waals surface area contributed by atoms with E-state index in [4.69, 9.17) is 5.73 Å². The standard InChI is InChI=1S/C22H25FN4O2/c23-17-3-1-2-14(10-17)20-7-5-16(12-25-20)21(28)26-19-6-4-15(11-19)22(29)27-9-8-18(24)13-27/h1-3,5,7,10,12,15,18-19H,4,6,8-9,11,13,24H2,(H,26,28)/t15?,18-,19?/m0/s1. The number of rotatable bonds is 4. The molecule has 2 unspecified atom stereocenters. The Hall–Kier alpha value is -2.80. The van der Waals surface area contributed by atoms with E-state index in [1.54, 1.807) is 24.3 Å². The quantitative estimate of drug-likeness (QED) is 0.830. The lowest BCUT2D eigenvalue weighted by molar-refractivity contribution is -0.134. The van der Waals surface area contributed by atoms with Gasteiger partial charge in [0, 0.05) is 42.9 Å². The molecule has 152 valence electrons. The molecule has 3 atom stereocenters. The minimum absolute atomic E-state index is 0.0179. The van der Waals surface area contributed by atoms with Crippen molar-refractivity contribution < 1.29 is 14.0 Å². The van der Waals surface area contributed by atoms with Gasteiger partial charge in [-0.25, -0.2) is 4.39 Å². The van der Waals surface area contributed by atoms with Crippen LogP contribution in [0.5, 0.6) is 0 Å². The number of hydrogen-bond donors (Lipinski definition) is 2. The largest absolute Gasteiger partial charge is 0.349 e. The molecule has 1 aliphatic carbocycles. The Morgan fingerprint density at radius 2 is 2.03 bits per heavy atom. The molecule has 0 bridgehead atoms. The Balaban J connectivity index is 1.33. The summed E-state index contributed by atoms with van der Waals surface area (Å²) in [7, 11) is 0. The van der Waals surface area contributed by atoms with Crippen molar-refractivity contribution in [3.63, 3.8) is 0 Å². The first-order valence-electron chi connectivity index (χ1n) is 10.1. The lowest BCUT2D eigenvalue weighted by Crippen LogP contribution is -2.37. The van der Waals surface area contributed by atoms with Crippen molar-refractivity contribution in [2.75, 3.05) is 13.1 Å². The van der Waals surface area contributed by atoms with Crippen LogP contribution in [0.15, 0.2) is 42.6 Å². The van der Waals surface area contributed by atoms with Crippen LogP contribution in [-0.2, 0) is 4.79 Å². The highest BCUT2D eigenvalue weighted by Crippen LogP contribution is 2.29. The van der Waals surface area contributed by atoms with Crippen molar-refractivity contribution in [1.29, 1.82) is 0 Å². The van der Waals surface area contributed by atoms with Crippen LogP contribution in [0, 0.1) is 11.7 Å². The summed E-state index contributed by atoms with van der Waals surface area (Å²) < 4.78 is 13.4. The van der Waals surface area contributed by atoms with Gasteiger partial charge in [0.1, 0.15) is 5.82 Å². The zero-order valence-electron chi connectivity index (χ0n) is 16.2. The lowest BCUT2D eigenvalue weighted by Gasteiger charge is -2.20. The Kier molecular flexibility index (Phi) is 5.58. The van der Waals surface area contributed by atoms with Gasteiger partial charge in [0.05, 0.1) is 11.3 Å². The van der Waals surface area contributed by atoms with E-state index in [1.165, 1.54) is 18.3 Å². The van der Waals surface area contributed by atoms with Gasteiger partial charge in [-0.15, -0.1) is 0 Å². The second kappa shape index (κ2) is 8.29. The summed E-state index contributed by atoms with van der Waals surface area (Å²) in [5.41, 5.74) is 7.62. The van der Waals surface area contributed by atoms with Gasteiger partial charge in [0.2, 0.25) is 5.91 Å². The highest BCUT2D eigenvalue weighted by Gasteiger charge is 2.35. The van der Waals surface area contributed by atoms with E-state index >= 15 is 0 Å². The molecule has 2 aliphatic rings. The van der Waals surface area contributed by atoms with Gasteiger partial charge >= 0.3 is 0 Å². The fraction of sp³-hybridized carbons (Fsp3) is 0.409. The second-order valence-electron chi connectivity index (χ2n) is 7.96. The van der Waals surface area contributed by atoms with Crippen molar-refractivity contribution >= 4 is 11.8 Å². The zero-order chi connectivity index (χ0) is 20.4. The summed E-state index contributed by atoms with van der Waals surface area (Å²) in [6.45, 7) is 1.37. The van der Waals surface area contributed by atoms with Gasteiger partial charge in [-0.3, -0.25) is 14.6 Å². The number of carbonyl (C=O) groups excluding carboxylic acids is 2. The third-order valence-electron chi connectivity index (χ3n) is 5.80. The molecule has 2 fully saturated rings. The third-order valence-corrected chi connectivity index (χ3v) is 5.80. The first-order valence-corrected chi connectivity index (χ1v) is 10.1. The van der Waals surface area contributed by atoms with E-state index in [9.17, 15) is 14.0 Å². The van der Waals surface area contributed by atoms with E-state index in [2.05, 4.69) is 10.3 Å². The summed E-state index contributed by atoms with van der Waals surface area (Å²) in [6, 6.07) is 9.64. The Bertz CT molecular complexity index is 902. The number of benzene rings is 1. The Morgan fingerprint density at radius 3 is 2.72 bits per heavy atom. The highest BCUT2D eigenvalue weighted by atomic mass is 19.1. The van der Waals surface area contributed by atoms with Crippen molar-refractivity contribution in [1.82, 2.24) is 15.2 Å². The summed E-state index contributed by atoms with van der Waals surface area (Å²) in [4.78, 5) is 31.3. The van der Waals surface area contributed by atoms with E-state index in [0.29, 0.717) is 29.8 Å². The molecule has 0 spiro atoms. The van der Waals surface area contributed by atoms with Crippen molar-refractivity contribution in [3.05, 3.63) is 54.0 Å². The number of pyridine rings is 1. The molecule has 1 aromatic heterocycles. The number of halogens is 1. The molecule has 4 rings (SSSR count). The third kappa shape index (κ3) is 4.45. The molecule has 2 amide bonds. The maximum absolute atomic E-state index is 13.4. The summed E-state index contributed by atoms with van der Waals surface area (Å²) in [5.74, 6) is -0.410. The molecule has 6 nitrogen and oxygen atoms in total. The zero-order valence-corrected chi connectivity index (χ0v) is 16.2. The lowest BCUT2D eigenvalue weighted by atomic mass is 10.1. The first-order chi connectivity index (χ1) is 14.0. The average Bonchev–Trinajstić information content (AvgIpc) is 3.37. The molecular formula is C22H25FN4O2. The van der Waals surface area contributed by atoms with E-state index in [-0.39, 0.29) is 35.6 Å². The molecule has 1 saturated carbocycles. The van der Waals surface area contributed by atoms with Crippen LogP contribution in [0.1, 0.15) is 36.0 Å². The maximum Gasteiger partial charge on any atom is 0.253 e. The van der Waals surface area contributed by atoms with Gasteiger partial charge in [-0.1, -0.05) is 12.1 Å². The van der Waals surface area contributed by atoms with E-state index < -0.39 is 0 Å². The number of carbonyl (C=O) groups is 2. The van der Waals surface area contributed by atoms with Gasteiger partial charge in [-0.2, -0.15) is 0 Å². The van der Waals surface area contributed by atoms with Gasteiger partial charge in [-0.05, 0) is 49.9 Å². The van der Waals surface area contributed by atoms with Gasteiger partial charge in [0.15, 0.2) is 0 Å². The minimum atomic E-state index is -0.327. The molecule has 2 aromatic rings. The molecule has 2 heterocycles. The van der Waals surface area contributed by atoms with Crippen molar-refractivity contribution in [2.45, 2.75) is 37.8 Å². The predicted molar refractivity (Wildman–Crippen MR) is 107 cm³/mol. The first kappa shape index (κ1) is 19.5. The SMILES string of the molecule is N[C@H]1CCN(C(=O)C2CCC(NC(=O)c3ccc(-c4cccc(F)c4)nc3)C2)C1. The number of aromatic nitrogens is 1. The van der Waals surface area contributed by atoms with Crippen LogP contribution in [0.2, 0.25) is 0 Å². The minimum Gasteiger partial charge on any atom is -0.349 e. The number of likely N-dealkylation sites (tertiary alicyclic amines) is 1. The van der Waals surface area contributed by atoms with Crippen molar-refractivity contribution in [2.24, 2.45) is 11.7 Å². The normalized spacial score (nSPS) is 23.9. The summed E-state index contributed by atoms with van der Waals surface area (Å²) in [5, 5.41) is 3.01. The van der Waals surface area contributed by atoms with Crippen LogP contribution >= 0.6 is 0 Å². The average molecular weight is 396 g/mol. The summed E-state index contributed by atoms with van der Waals surface area (Å²) in [6.07, 6.45) is 4.59. The number of nitrogens with zero attached hydrogens (tertiary/aromatic N) is 2. The predicted octanol–water partition coefficient (Wildman–Crippen LogP) is 2.35. The molecule has 1 saturated heterocycles. The molecule has 29 heavy (non-hydrogen) atoms. The molecule has 7 heteroatoms. The molecule has 1 aliphatic heterocycles. The molecule has 0 radical (unpaired) electrons. The Morgan fingerprint density at radius 1 is 1.17 bits per heavy atom. The van der Waals surface area contributed by atoms with Crippen LogP contribution < -0.4 is 11.1 Å². The summed E-state index contributed by atoms with van der Waals surface area (Å²) >= 11 is 0. The smallest absolute Gasteiger partial charge is 0.253 e. The number of hydrogen-bond acceptors (Lipinski definition) is 4. The molecule has 3 N–H and O–H groups in total. The number of nitrogens with two attached hydrogens (primary N) is 1. The van der Waals surface area contributed by atoms with Crippen LogP contribution in [0.3, 0.4) is 0 Å². The molecular weight excluding hydrogens is 371 g/mol. The maximum atomic E-state index is 13.4. The Labute approximate surface area is 169 Å². The number of nitrogens with one attached hydrogen (secondary N) is 1. The van der Waals surface area contributed by atoms with E-state index in [0.717, 1.165) is 25.8 Å². The molecule has 1 aromatic carbocycles. The monoisotopic (exact) mass is 396 g/mol. The van der Waals surface area contributed by atoms with Gasteiger partial charge in [0.25, 0.3) is 5.91 Å². The van der Waals surface area contributed by atoms with Crippen LogP contribution in [0.4, 0.5) is 4.39 Å². The van der Waals surface area contributed by atoms with Crippen molar-refractivity contribution in [3.8, 4) is 11.3 Å². The fourth-order valence-corrected chi connectivity index (χ4v) is 4.20. The fourth-order valence-electron chi connectivity index (χ4n) is 4.20.